The number of esters is 3. The SMILES string of the molecule is CC(=O)O[C@@]12CO[C@@H]1C[C@H](C)[C@@]1(C)C(=O)[C@H](C)C3=C(C)[C@@H](OC(=O)[C@H](O[Si](C)(C)C(C)(C)C)[C@@H](NC(=O)OC(C)(C)C)c4ccccc4)C[C@@](O)([C@@H](OC(=O)c4ccccc4)C12)C3(C)C. The van der Waals surface area contributed by atoms with Crippen molar-refractivity contribution < 1.29 is 57.2 Å². The number of aliphatic hydroxyl groups is 1. The van der Waals surface area contributed by atoms with Gasteiger partial charge in [0, 0.05) is 30.1 Å². The van der Waals surface area contributed by atoms with E-state index in [4.69, 9.17) is 28.1 Å². The highest BCUT2D eigenvalue weighted by Crippen LogP contribution is 2.66. The molecule has 4 aliphatic rings. The molecule has 356 valence electrons. The van der Waals surface area contributed by atoms with Crippen molar-refractivity contribution in [1.29, 1.82) is 0 Å². The van der Waals surface area contributed by atoms with Gasteiger partial charge >= 0.3 is 24.0 Å². The molecule has 11 atom stereocenters. The zero-order chi connectivity index (χ0) is 48.5. The summed E-state index contributed by atoms with van der Waals surface area (Å²) < 4.78 is 38.4. The van der Waals surface area contributed by atoms with Gasteiger partial charge in [-0.1, -0.05) is 104 Å². The van der Waals surface area contributed by atoms with Crippen molar-refractivity contribution in [2.45, 2.75) is 168 Å². The Balaban J connectivity index is 1.55. The van der Waals surface area contributed by atoms with Crippen LogP contribution in [0, 0.1) is 28.6 Å². The maximum Gasteiger partial charge on any atom is 0.408 e. The molecule has 14 heteroatoms. The largest absolute Gasteiger partial charge is 0.456 e. The van der Waals surface area contributed by atoms with Crippen LogP contribution in [-0.4, -0.2) is 91.0 Å². The molecule has 0 radical (unpaired) electrons. The third-order valence-corrected chi connectivity index (χ3v) is 20.0. The normalized spacial score (nSPS) is 31.9. The molecular weight excluding hydrogens is 847 g/mol. The first-order chi connectivity index (χ1) is 29.9. The first-order valence-electron chi connectivity index (χ1n) is 22.9. The number of nitrogens with one attached hydrogen (secondary N) is 1. The fourth-order valence-electron chi connectivity index (χ4n) is 11.0. The van der Waals surface area contributed by atoms with Crippen molar-refractivity contribution >= 4 is 38.1 Å². The molecule has 1 saturated heterocycles. The number of rotatable bonds is 10. The van der Waals surface area contributed by atoms with E-state index in [2.05, 4.69) is 5.32 Å². The van der Waals surface area contributed by atoms with Gasteiger partial charge in [-0.3, -0.25) is 9.59 Å². The lowest BCUT2D eigenvalue weighted by molar-refractivity contribution is -0.339. The number of carbonyl (C=O) groups is 5. The summed E-state index contributed by atoms with van der Waals surface area (Å²) >= 11 is 0. The summed E-state index contributed by atoms with van der Waals surface area (Å²) in [7, 11) is -2.84. The van der Waals surface area contributed by atoms with Gasteiger partial charge in [-0.05, 0) is 87.0 Å². The van der Waals surface area contributed by atoms with E-state index in [0.717, 1.165) is 0 Å². The first kappa shape index (κ1) is 50.0. The van der Waals surface area contributed by atoms with Gasteiger partial charge in [0.15, 0.2) is 20.0 Å². The minimum absolute atomic E-state index is 0.0834. The van der Waals surface area contributed by atoms with Crippen LogP contribution in [0.2, 0.25) is 18.1 Å². The Morgan fingerprint density at radius 3 is 2.02 bits per heavy atom. The maximum absolute atomic E-state index is 15.6. The summed E-state index contributed by atoms with van der Waals surface area (Å²) in [4.78, 5) is 72.2. The smallest absolute Gasteiger partial charge is 0.408 e. The third kappa shape index (κ3) is 8.84. The summed E-state index contributed by atoms with van der Waals surface area (Å²) in [5.41, 5.74) is -5.09. The van der Waals surface area contributed by atoms with Gasteiger partial charge in [-0.15, -0.1) is 0 Å². The second kappa shape index (κ2) is 17.4. The van der Waals surface area contributed by atoms with Crippen LogP contribution >= 0.6 is 0 Å². The number of carbonyl (C=O) groups excluding carboxylic acids is 5. The highest BCUT2D eigenvalue weighted by atomic mass is 28.4. The van der Waals surface area contributed by atoms with Crippen LogP contribution in [0.25, 0.3) is 0 Å². The number of benzene rings is 2. The Bertz CT molecular complexity index is 2190. The number of hydrogen-bond donors (Lipinski definition) is 2. The molecule has 13 nitrogen and oxygen atoms in total. The molecule has 1 unspecified atom stereocenters. The molecule has 1 heterocycles. The lowest BCUT2D eigenvalue weighted by Gasteiger charge is -2.68. The summed E-state index contributed by atoms with van der Waals surface area (Å²) in [5, 5.41) is 16.5. The predicted octanol–water partition coefficient (Wildman–Crippen LogP) is 8.84. The van der Waals surface area contributed by atoms with Crippen molar-refractivity contribution in [3.05, 3.63) is 82.9 Å². The Kier molecular flexibility index (Phi) is 13.4. The number of ketones is 1. The first-order valence-corrected chi connectivity index (χ1v) is 25.8. The van der Waals surface area contributed by atoms with Crippen molar-refractivity contribution in [3.63, 3.8) is 0 Å². The van der Waals surface area contributed by atoms with Gasteiger partial charge in [-0.25, -0.2) is 14.4 Å². The van der Waals surface area contributed by atoms with Crippen LogP contribution in [0.5, 0.6) is 0 Å². The molecule has 2 N–H and O–H groups in total. The molecular formula is C51H71NO12Si. The number of Topliss-reactive ketones (excluding diaryl/α,β-unsaturated/α-hetero) is 1. The summed E-state index contributed by atoms with van der Waals surface area (Å²) in [6.07, 6.45) is -5.41. The van der Waals surface area contributed by atoms with E-state index in [1.165, 1.54) is 6.92 Å². The highest BCUT2D eigenvalue weighted by molar-refractivity contribution is 6.74. The molecule has 1 aliphatic heterocycles. The van der Waals surface area contributed by atoms with Gasteiger partial charge in [0.25, 0.3) is 0 Å². The molecule has 1 amide bonds. The Morgan fingerprint density at radius 1 is 0.908 bits per heavy atom. The fraction of sp³-hybridized carbons (Fsp3) is 0.627. The van der Waals surface area contributed by atoms with E-state index >= 15 is 9.59 Å². The standard InChI is InChI=1S/C51H71NO12Si/c1-29-26-36-50(28-59-36,62-32(4)53)40-42(61-43(55)34-24-20-17-21-25-34)51(58)27-35(30(2)37(48(51,11)12)31(3)41(54)49(29,40)13)60-44(56)39(64-65(14,15)47(8,9)10)38(33-22-18-16-19-23-33)52-45(57)63-46(5,6)7/h16-25,29,31,35-36,38-40,42,58H,26-28H2,1-15H3,(H,52,57)/t29-,31+,35-,36+,38-,39+,40?,42-,49+,50-,51+/m0/s1. The topological polar surface area (TPSA) is 173 Å². The molecule has 2 aromatic rings. The van der Waals surface area contributed by atoms with Crippen molar-refractivity contribution in [3.8, 4) is 0 Å². The monoisotopic (exact) mass is 917 g/mol. The molecule has 2 aromatic carbocycles. The van der Waals surface area contributed by atoms with Crippen molar-refractivity contribution in [2.24, 2.45) is 28.6 Å². The molecule has 2 bridgehead atoms. The van der Waals surface area contributed by atoms with E-state index in [9.17, 15) is 19.5 Å². The molecule has 3 aliphatic carbocycles. The van der Waals surface area contributed by atoms with E-state index in [1.54, 1.807) is 82.3 Å². The minimum Gasteiger partial charge on any atom is -0.456 e. The molecule has 65 heavy (non-hydrogen) atoms. The molecule has 3 fully saturated rings. The minimum atomic E-state index is -2.84. The number of ether oxygens (including phenoxy) is 5. The van der Waals surface area contributed by atoms with Gasteiger partial charge in [0.05, 0.1) is 24.1 Å². The number of amides is 1. The van der Waals surface area contributed by atoms with Crippen LogP contribution < -0.4 is 5.32 Å². The molecule has 0 spiro atoms. The molecule has 0 aromatic heterocycles. The number of hydrogen-bond acceptors (Lipinski definition) is 12. The maximum atomic E-state index is 15.6. The lowest BCUT2D eigenvalue weighted by atomic mass is 9.42. The van der Waals surface area contributed by atoms with E-state index in [1.807, 2.05) is 74.6 Å². The van der Waals surface area contributed by atoms with Crippen LogP contribution in [-0.2, 0) is 42.5 Å². The van der Waals surface area contributed by atoms with Crippen molar-refractivity contribution in [1.82, 2.24) is 5.32 Å². The predicted molar refractivity (Wildman–Crippen MR) is 246 cm³/mol. The second-order valence-electron chi connectivity index (χ2n) is 22.1. The summed E-state index contributed by atoms with van der Waals surface area (Å²) in [6.45, 7) is 27.6. The zero-order valence-electron chi connectivity index (χ0n) is 41.0. The van der Waals surface area contributed by atoms with E-state index < -0.39 is 102 Å². The lowest BCUT2D eigenvalue weighted by Crippen LogP contribution is -2.80. The van der Waals surface area contributed by atoms with Crippen molar-refractivity contribution in [2.75, 3.05) is 6.61 Å². The van der Waals surface area contributed by atoms with Gasteiger partial charge in [0.2, 0.25) is 0 Å². The summed E-state index contributed by atoms with van der Waals surface area (Å²) in [5.74, 6) is -4.66. The number of alkyl carbamates (subject to hydrolysis) is 1. The summed E-state index contributed by atoms with van der Waals surface area (Å²) in [6, 6.07) is 16.3. The Morgan fingerprint density at radius 2 is 1.49 bits per heavy atom. The Labute approximate surface area is 385 Å². The van der Waals surface area contributed by atoms with Crippen LogP contribution in [0.15, 0.2) is 71.8 Å². The Hall–Kier alpha value is -4.37. The average molecular weight is 918 g/mol. The van der Waals surface area contributed by atoms with Gasteiger partial charge in [-0.2, -0.15) is 0 Å². The fourth-order valence-corrected chi connectivity index (χ4v) is 12.2. The zero-order valence-corrected chi connectivity index (χ0v) is 42.0. The quantitative estimate of drug-likeness (QED) is 0.101. The second-order valence-corrected chi connectivity index (χ2v) is 26.9. The third-order valence-electron chi connectivity index (χ3n) is 15.5. The molecule has 2 saturated carbocycles. The van der Waals surface area contributed by atoms with Gasteiger partial charge < -0.3 is 38.5 Å². The highest BCUT2D eigenvalue weighted by Gasteiger charge is 2.77. The van der Waals surface area contributed by atoms with Crippen LogP contribution in [0.1, 0.15) is 125 Å². The van der Waals surface area contributed by atoms with Gasteiger partial charge in [0.1, 0.15) is 35.3 Å². The van der Waals surface area contributed by atoms with Crippen LogP contribution in [0.3, 0.4) is 0 Å². The van der Waals surface area contributed by atoms with E-state index in [-0.39, 0.29) is 35.3 Å². The number of fused-ring (bicyclic) bond motifs is 5. The average Bonchev–Trinajstić information content (AvgIpc) is 3.20. The van der Waals surface area contributed by atoms with E-state index in [0.29, 0.717) is 23.1 Å². The van der Waals surface area contributed by atoms with Crippen LogP contribution in [0.4, 0.5) is 4.79 Å². The molecule has 6 rings (SSSR count).